The summed E-state index contributed by atoms with van der Waals surface area (Å²) in [5.41, 5.74) is -0.660. The Labute approximate surface area is 116 Å². The molecular formula is C16H27NO2. The van der Waals surface area contributed by atoms with Crippen LogP contribution in [0.3, 0.4) is 0 Å². The van der Waals surface area contributed by atoms with Crippen molar-refractivity contribution in [2.75, 3.05) is 6.54 Å². The number of amides is 1. The molecule has 0 spiro atoms. The normalized spacial score (nSPS) is 34.4. The van der Waals surface area contributed by atoms with E-state index in [9.17, 15) is 9.90 Å². The first-order valence-corrected chi connectivity index (χ1v) is 7.77. The van der Waals surface area contributed by atoms with Crippen LogP contribution in [0.1, 0.15) is 58.3 Å². The predicted octanol–water partition coefficient (Wildman–Crippen LogP) is 2.79. The van der Waals surface area contributed by atoms with Gasteiger partial charge in [0.05, 0.1) is 5.60 Å². The summed E-state index contributed by atoms with van der Waals surface area (Å²) in [7, 11) is 0. The lowest BCUT2D eigenvalue weighted by Crippen LogP contribution is -2.45. The summed E-state index contributed by atoms with van der Waals surface area (Å²) in [5, 5.41) is 13.4. The van der Waals surface area contributed by atoms with Crippen molar-refractivity contribution in [1.29, 1.82) is 0 Å². The lowest BCUT2D eigenvalue weighted by atomic mass is 9.78. The molecule has 0 saturated heterocycles. The van der Waals surface area contributed by atoms with Crippen molar-refractivity contribution in [1.82, 2.24) is 5.32 Å². The SMILES string of the molecule is CCC1CCC(O)(CNC(=O)CC2C=CCC2)CC1. The first kappa shape index (κ1) is 14.6. The molecule has 0 aliphatic heterocycles. The minimum atomic E-state index is -0.660. The van der Waals surface area contributed by atoms with E-state index in [4.69, 9.17) is 0 Å². The van der Waals surface area contributed by atoms with E-state index >= 15 is 0 Å². The van der Waals surface area contributed by atoms with Crippen molar-refractivity contribution in [2.45, 2.75) is 63.9 Å². The Balaban J connectivity index is 1.69. The molecule has 1 unspecified atom stereocenters. The fraction of sp³-hybridized carbons (Fsp3) is 0.812. The van der Waals surface area contributed by atoms with Gasteiger partial charge in [-0.1, -0.05) is 25.5 Å². The van der Waals surface area contributed by atoms with Crippen LogP contribution in [0.25, 0.3) is 0 Å². The van der Waals surface area contributed by atoms with Gasteiger partial charge in [-0.2, -0.15) is 0 Å². The topological polar surface area (TPSA) is 49.3 Å². The second-order valence-electron chi connectivity index (χ2n) is 6.32. The van der Waals surface area contributed by atoms with E-state index in [-0.39, 0.29) is 5.91 Å². The van der Waals surface area contributed by atoms with Gasteiger partial charge in [0.2, 0.25) is 5.91 Å². The summed E-state index contributed by atoms with van der Waals surface area (Å²) in [6, 6.07) is 0. The fourth-order valence-corrected chi connectivity index (χ4v) is 3.24. The van der Waals surface area contributed by atoms with Gasteiger partial charge in [-0.05, 0) is 50.4 Å². The van der Waals surface area contributed by atoms with Crippen LogP contribution >= 0.6 is 0 Å². The molecular weight excluding hydrogens is 238 g/mol. The maximum atomic E-state index is 11.8. The molecule has 0 radical (unpaired) electrons. The Bertz CT molecular complexity index is 330. The van der Waals surface area contributed by atoms with E-state index in [2.05, 4.69) is 24.4 Å². The summed E-state index contributed by atoms with van der Waals surface area (Å²) in [6.07, 6.45) is 12.1. The molecule has 0 aromatic rings. The molecule has 0 aromatic heterocycles. The highest BCUT2D eigenvalue weighted by Gasteiger charge is 2.32. The lowest BCUT2D eigenvalue weighted by Gasteiger charge is -2.35. The van der Waals surface area contributed by atoms with Gasteiger partial charge in [0, 0.05) is 13.0 Å². The number of carbonyl (C=O) groups excluding carboxylic acids is 1. The molecule has 108 valence electrons. The largest absolute Gasteiger partial charge is 0.388 e. The molecule has 1 fully saturated rings. The highest BCUT2D eigenvalue weighted by molar-refractivity contribution is 5.76. The standard InChI is InChI=1S/C16H27NO2/c1-2-13-7-9-16(19,10-8-13)12-17-15(18)11-14-5-3-4-6-14/h3,5,13-14,19H,2,4,6-12H2,1H3,(H,17,18). The van der Waals surface area contributed by atoms with Crippen LogP contribution in [0.4, 0.5) is 0 Å². The third-order valence-corrected chi connectivity index (χ3v) is 4.79. The first-order chi connectivity index (χ1) is 9.11. The minimum absolute atomic E-state index is 0.0857. The van der Waals surface area contributed by atoms with Gasteiger partial charge >= 0.3 is 0 Å². The average molecular weight is 265 g/mol. The van der Waals surface area contributed by atoms with Gasteiger partial charge < -0.3 is 10.4 Å². The summed E-state index contributed by atoms with van der Waals surface area (Å²) in [6.45, 7) is 2.64. The highest BCUT2D eigenvalue weighted by atomic mass is 16.3. The zero-order chi connectivity index (χ0) is 13.7. The summed E-state index contributed by atoms with van der Waals surface area (Å²) in [4.78, 5) is 11.8. The van der Waals surface area contributed by atoms with Gasteiger partial charge in [-0.15, -0.1) is 0 Å². The van der Waals surface area contributed by atoms with Crippen molar-refractivity contribution in [3.8, 4) is 0 Å². The van der Waals surface area contributed by atoms with Crippen LogP contribution in [0.5, 0.6) is 0 Å². The zero-order valence-corrected chi connectivity index (χ0v) is 12.0. The third-order valence-electron chi connectivity index (χ3n) is 4.79. The smallest absolute Gasteiger partial charge is 0.220 e. The van der Waals surface area contributed by atoms with E-state index in [1.54, 1.807) is 0 Å². The summed E-state index contributed by atoms with van der Waals surface area (Å²) >= 11 is 0. The van der Waals surface area contributed by atoms with Crippen LogP contribution in [-0.2, 0) is 4.79 Å². The molecule has 19 heavy (non-hydrogen) atoms. The Hall–Kier alpha value is -0.830. The first-order valence-electron chi connectivity index (χ1n) is 7.77. The molecule has 1 amide bonds. The predicted molar refractivity (Wildman–Crippen MR) is 76.7 cm³/mol. The number of hydrogen-bond acceptors (Lipinski definition) is 2. The van der Waals surface area contributed by atoms with Gasteiger partial charge in [-0.3, -0.25) is 4.79 Å². The molecule has 0 bridgehead atoms. The maximum absolute atomic E-state index is 11.8. The van der Waals surface area contributed by atoms with Crippen LogP contribution < -0.4 is 5.32 Å². The number of allylic oxidation sites excluding steroid dienone is 2. The summed E-state index contributed by atoms with van der Waals surface area (Å²) in [5.74, 6) is 1.26. The molecule has 1 atom stereocenters. The molecule has 0 heterocycles. The van der Waals surface area contributed by atoms with Crippen molar-refractivity contribution in [2.24, 2.45) is 11.8 Å². The Morgan fingerprint density at radius 2 is 2.11 bits per heavy atom. The maximum Gasteiger partial charge on any atom is 0.220 e. The number of aliphatic hydroxyl groups is 1. The van der Waals surface area contributed by atoms with Crippen molar-refractivity contribution in [3.63, 3.8) is 0 Å². The van der Waals surface area contributed by atoms with Gasteiger partial charge in [0.1, 0.15) is 0 Å². The molecule has 2 rings (SSSR count). The van der Waals surface area contributed by atoms with Gasteiger partial charge in [-0.25, -0.2) is 0 Å². The summed E-state index contributed by atoms with van der Waals surface area (Å²) < 4.78 is 0. The van der Waals surface area contributed by atoms with Gasteiger partial charge in [0.25, 0.3) is 0 Å². The van der Waals surface area contributed by atoms with E-state index in [1.807, 2.05) is 0 Å². The Kier molecular flexibility index (Phi) is 5.03. The van der Waals surface area contributed by atoms with Gasteiger partial charge in [0.15, 0.2) is 0 Å². The third kappa shape index (κ3) is 4.34. The fourth-order valence-electron chi connectivity index (χ4n) is 3.24. The van der Waals surface area contributed by atoms with E-state index in [1.165, 1.54) is 6.42 Å². The van der Waals surface area contributed by atoms with Crippen molar-refractivity contribution < 1.29 is 9.90 Å². The Morgan fingerprint density at radius 3 is 2.68 bits per heavy atom. The van der Waals surface area contributed by atoms with Crippen LogP contribution in [-0.4, -0.2) is 23.2 Å². The number of nitrogens with one attached hydrogen (secondary N) is 1. The molecule has 2 N–H and O–H groups in total. The molecule has 3 heteroatoms. The second-order valence-corrected chi connectivity index (χ2v) is 6.32. The minimum Gasteiger partial charge on any atom is -0.388 e. The molecule has 0 aromatic carbocycles. The number of carbonyl (C=O) groups is 1. The van der Waals surface area contributed by atoms with Crippen LogP contribution in [0.2, 0.25) is 0 Å². The quantitative estimate of drug-likeness (QED) is 0.751. The monoisotopic (exact) mass is 265 g/mol. The number of rotatable bonds is 5. The van der Waals surface area contributed by atoms with Crippen LogP contribution in [0.15, 0.2) is 12.2 Å². The second kappa shape index (κ2) is 6.56. The lowest BCUT2D eigenvalue weighted by molar-refractivity contribution is -0.123. The number of hydrogen-bond donors (Lipinski definition) is 2. The zero-order valence-electron chi connectivity index (χ0n) is 12.0. The highest BCUT2D eigenvalue weighted by Crippen LogP contribution is 2.33. The molecule has 2 aliphatic carbocycles. The van der Waals surface area contributed by atoms with E-state index < -0.39 is 5.60 Å². The molecule has 3 nitrogen and oxygen atoms in total. The average Bonchev–Trinajstić information content (AvgIpc) is 2.90. The van der Waals surface area contributed by atoms with E-state index in [0.717, 1.165) is 44.4 Å². The Morgan fingerprint density at radius 1 is 1.37 bits per heavy atom. The molecule has 1 saturated carbocycles. The van der Waals surface area contributed by atoms with Crippen LogP contribution in [0, 0.1) is 11.8 Å². The van der Waals surface area contributed by atoms with E-state index in [0.29, 0.717) is 18.9 Å². The molecule has 2 aliphatic rings. The van der Waals surface area contributed by atoms with Crippen molar-refractivity contribution >= 4 is 5.91 Å². The van der Waals surface area contributed by atoms with Crippen molar-refractivity contribution in [3.05, 3.63) is 12.2 Å².